The highest BCUT2D eigenvalue weighted by atomic mass is 16.5. The van der Waals surface area contributed by atoms with E-state index in [1.54, 1.807) is 0 Å². The van der Waals surface area contributed by atoms with E-state index in [0.29, 0.717) is 0 Å². The normalized spacial score (nSPS) is 9.17. The Hall–Kier alpha value is -0.990. The summed E-state index contributed by atoms with van der Waals surface area (Å²) in [6.07, 6.45) is 3.17. The lowest BCUT2D eigenvalue weighted by Crippen LogP contribution is -2.22. The first-order chi connectivity index (χ1) is 5.70. The highest BCUT2D eigenvalue weighted by Gasteiger charge is 1.99. The van der Waals surface area contributed by atoms with Crippen molar-refractivity contribution in [3.8, 4) is 0 Å². The molecular weight excluding hydrogens is 154 g/mol. The Kier molecular flexibility index (Phi) is 6.15. The van der Waals surface area contributed by atoms with Crippen LogP contribution in [0.15, 0.2) is 12.3 Å². The summed E-state index contributed by atoms with van der Waals surface area (Å²) >= 11 is 0. The van der Waals surface area contributed by atoms with Crippen LogP contribution >= 0.6 is 0 Å². The molecule has 0 aliphatic heterocycles. The van der Waals surface area contributed by atoms with Gasteiger partial charge in [-0.2, -0.15) is 0 Å². The van der Waals surface area contributed by atoms with Crippen LogP contribution < -0.4 is 5.32 Å². The zero-order chi connectivity index (χ0) is 9.40. The van der Waals surface area contributed by atoms with Gasteiger partial charge in [0.1, 0.15) is 6.54 Å². The second-order valence-corrected chi connectivity index (χ2v) is 2.64. The van der Waals surface area contributed by atoms with Crippen LogP contribution in [-0.4, -0.2) is 19.6 Å². The van der Waals surface area contributed by atoms with E-state index in [-0.39, 0.29) is 13.9 Å². The Balaban J connectivity index is 0. The van der Waals surface area contributed by atoms with Crippen LogP contribution in [0, 0.1) is 0 Å². The molecule has 0 bridgehead atoms. The maximum atomic E-state index is 10.7. The summed E-state index contributed by atoms with van der Waals surface area (Å²) in [7, 11) is 1.37. The highest BCUT2D eigenvalue weighted by molar-refractivity contribution is 5.71. The molecule has 0 radical (unpaired) electrons. The van der Waals surface area contributed by atoms with Gasteiger partial charge in [-0.15, -0.1) is 0 Å². The molecule has 0 atom stereocenters. The van der Waals surface area contributed by atoms with Crippen molar-refractivity contribution in [1.82, 2.24) is 5.32 Å². The predicted octanol–water partition coefficient (Wildman–Crippen LogP) is 1.70. The third-order valence-corrected chi connectivity index (χ3v) is 1.54. The quantitative estimate of drug-likeness (QED) is 0.621. The summed E-state index contributed by atoms with van der Waals surface area (Å²) in [5.74, 6) is -0.257. The average molecular weight is 173 g/mol. The number of allylic oxidation sites excluding steroid dienone is 1. The van der Waals surface area contributed by atoms with E-state index in [2.05, 4.69) is 23.6 Å². The maximum absolute atomic E-state index is 10.7. The van der Waals surface area contributed by atoms with Crippen LogP contribution in [0.5, 0.6) is 0 Å². The zero-order valence-corrected chi connectivity index (χ0v) is 7.85. The van der Waals surface area contributed by atoms with Gasteiger partial charge in [-0.1, -0.05) is 19.9 Å². The molecule has 0 rings (SSSR count). The van der Waals surface area contributed by atoms with Gasteiger partial charge in [-0.05, 0) is 12.8 Å². The Morgan fingerprint density at radius 1 is 1.67 bits per heavy atom. The van der Waals surface area contributed by atoms with Crippen LogP contribution in [0.2, 0.25) is 0 Å². The van der Waals surface area contributed by atoms with Gasteiger partial charge >= 0.3 is 5.97 Å². The second-order valence-electron chi connectivity index (χ2n) is 2.64. The number of unbranched alkanes of at least 4 members (excludes halogenated alkanes) is 1. The Bertz CT molecular complexity index is 160. The fourth-order valence-electron chi connectivity index (χ4n) is 0.748. The monoisotopic (exact) mass is 173 g/mol. The van der Waals surface area contributed by atoms with Crippen LogP contribution in [0.25, 0.3) is 0 Å². The zero-order valence-electron chi connectivity index (χ0n) is 7.85. The number of nitrogens with one attached hydrogen (secondary N) is 1. The maximum Gasteiger partial charge on any atom is 0.325 e. The lowest BCUT2D eigenvalue weighted by atomic mass is 10.2. The van der Waals surface area contributed by atoms with Gasteiger partial charge in [0.15, 0.2) is 0 Å². The van der Waals surface area contributed by atoms with E-state index in [1.165, 1.54) is 7.11 Å². The molecule has 0 aromatic carbocycles. The van der Waals surface area contributed by atoms with Crippen molar-refractivity contribution in [1.29, 1.82) is 0 Å². The van der Waals surface area contributed by atoms with Crippen molar-refractivity contribution >= 4 is 5.97 Å². The Morgan fingerprint density at radius 3 is 2.83 bits per heavy atom. The Labute approximate surface area is 75.3 Å². The van der Waals surface area contributed by atoms with Gasteiger partial charge in [-0.25, -0.2) is 0 Å². The van der Waals surface area contributed by atoms with E-state index < -0.39 is 0 Å². The van der Waals surface area contributed by atoms with Crippen LogP contribution in [0.3, 0.4) is 0 Å². The summed E-state index contributed by atoms with van der Waals surface area (Å²) < 4.78 is 4.46. The number of methoxy groups -OCH3 is 1. The predicted molar refractivity (Wildman–Crippen MR) is 50.8 cm³/mol. The third kappa shape index (κ3) is 5.77. The molecule has 0 amide bonds. The summed E-state index contributed by atoms with van der Waals surface area (Å²) in [5.41, 5.74) is 0.905. The van der Waals surface area contributed by atoms with Crippen molar-refractivity contribution in [2.75, 3.05) is 13.7 Å². The molecule has 0 saturated heterocycles. The van der Waals surface area contributed by atoms with Crippen LogP contribution in [-0.2, 0) is 9.53 Å². The SMILES string of the molecule is C=C(CCCC)NCC(=O)OC.[HH]. The van der Waals surface area contributed by atoms with Crippen LogP contribution in [0.1, 0.15) is 27.6 Å². The molecule has 0 fully saturated rings. The molecule has 12 heavy (non-hydrogen) atoms. The van der Waals surface area contributed by atoms with E-state index in [9.17, 15) is 4.79 Å². The fraction of sp³-hybridized carbons (Fsp3) is 0.667. The smallest absolute Gasteiger partial charge is 0.325 e. The molecule has 0 aliphatic carbocycles. The van der Waals surface area contributed by atoms with Gasteiger partial charge in [0.05, 0.1) is 7.11 Å². The number of carbonyl (C=O) groups excluding carboxylic acids is 1. The molecule has 0 saturated carbocycles. The van der Waals surface area contributed by atoms with E-state index in [4.69, 9.17) is 0 Å². The minimum atomic E-state index is -0.257. The molecule has 0 aromatic rings. The van der Waals surface area contributed by atoms with Gasteiger partial charge < -0.3 is 10.1 Å². The van der Waals surface area contributed by atoms with Crippen molar-refractivity contribution in [2.24, 2.45) is 0 Å². The van der Waals surface area contributed by atoms with Crippen molar-refractivity contribution in [2.45, 2.75) is 26.2 Å². The minimum Gasteiger partial charge on any atom is -0.468 e. The summed E-state index contributed by atoms with van der Waals surface area (Å²) in [5, 5.41) is 2.90. The molecule has 0 aliphatic rings. The third-order valence-electron chi connectivity index (χ3n) is 1.54. The number of hydrogen-bond acceptors (Lipinski definition) is 3. The largest absolute Gasteiger partial charge is 0.468 e. The van der Waals surface area contributed by atoms with E-state index in [1.807, 2.05) is 0 Å². The topological polar surface area (TPSA) is 38.3 Å². The van der Waals surface area contributed by atoms with Crippen molar-refractivity contribution in [3.63, 3.8) is 0 Å². The van der Waals surface area contributed by atoms with Gasteiger partial charge in [-0.3, -0.25) is 4.79 Å². The molecule has 1 N–H and O–H groups in total. The molecule has 0 aromatic heterocycles. The molecule has 72 valence electrons. The molecule has 0 spiro atoms. The van der Waals surface area contributed by atoms with E-state index in [0.717, 1.165) is 25.0 Å². The molecule has 3 heteroatoms. The molecule has 3 nitrogen and oxygen atoms in total. The minimum absolute atomic E-state index is 0. The highest BCUT2D eigenvalue weighted by Crippen LogP contribution is 2.00. The number of hydrogen-bond donors (Lipinski definition) is 1. The summed E-state index contributed by atoms with van der Waals surface area (Å²) in [6.45, 7) is 6.12. The van der Waals surface area contributed by atoms with Gasteiger partial charge in [0.25, 0.3) is 0 Å². The summed E-state index contributed by atoms with van der Waals surface area (Å²) in [6, 6.07) is 0. The molecule has 0 heterocycles. The summed E-state index contributed by atoms with van der Waals surface area (Å²) in [4.78, 5) is 10.7. The fourth-order valence-corrected chi connectivity index (χ4v) is 0.748. The van der Waals surface area contributed by atoms with Crippen LogP contribution in [0.4, 0.5) is 0 Å². The molecular formula is C9H19NO2. The standard InChI is InChI=1S/C9H17NO2.H2/c1-4-5-6-8(2)10-7-9(11)12-3;/h10H,2,4-7H2,1,3H3;1H. The Morgan fingerprint density at radius 2 is 2.33 bits per heavy atom. The molecule has 0 unspecified atom stereocenters. The first-order valence-corrected chi connectivity index (χ1v) is 4.19. The number of esters is 1. The number of ether oxygens (including phenoxy) is 1. The van der Waals surface area contributed by atoms with E-state index >= 15 is 0 Å². The lowest BCUT2D eigenvalue weighted by Gasteiger charge is -2.06. The number of rotatable bonds is 6. The number of carbonyl (C=O) groups is 1. The van der Waals surface area contributed by atoms with Gasteiger partial charge in [0, 0.05) is 7.12 Å². The lowest BCUT2D eigenvalue weighted by molar-refractivity contribution is -0.139. The first-order valence-electron chi connectivity index (χ1n) is 4.19. The van der Waals surface area contributed by atoms with Crippen molar-refractivity contribution in [3.05, 3.63) is 12.3 Å². The second kappa shape index (κ2) is 6.70. The van der Waals surface area contributed by atoms with Crippen molar-refractivity contribution < 1.29 is 11.0 Å². The first kappa shape index (κ1) is 11.0. The van der Waals surface area contributed by atoms with Gasteiger partial charge in [0.2, 0.25) is 0 Å². The average Bonchev–Trinajstić information content (AvgIpc) is 2.10.